The fourth-order valence-electron chi connectivity index (χ4n) is 2.50. The van der Waals surface area contributed by atoms with E-state index in [2.05, 4.69) is 9.97 Å². The van der Waals surface area contributed by atoms with E-state index in [9.17, 15) is 9.59 Å². The molecule has 0 aliphatic heterocycles. The van der Waals surface area contributed by atoms with Crippen LogP contribution in [0.3, 0.4) is 0 Å². The highest BCUT2D eigenvalue weighted by Crippen LogP contribution is 2.28. The summed E-state index contributed by atoms with van der Waals surface area (Å²) in [6.07, 6.45) is 0. The van der Waals surface area contributed by atoms with Gasteiger partial charge in [0.1, 0.15) is 5.56 Å². The van der Waals surface area contributed by atoms with E-state index < -0.39 is 11.7 Å². The Kier molecular flexibility index (Phi) is 4.52. The number of rotatable bonds is 4. The van der Waals surface area contributed by atoms with Gasteiger partial charge in [0.2, 0.25) is 0 Å². The molecule has 1 N–H and O–H groups in total. The Hall–Kier alpha value is -3.21. The Bertz CT molecular complexity index is 839. The second-order valence-electron chi connectivity index (χ2n) is 5.09. The van der Waals surface area contributed by atoms with Crippen LogP contribution in [0.15, 0.2) is 65.5 Å². The zero-order valence-corrected chi connectivity index (χ0v) is 13.2. The number of nitrogens with one attached hydrogen (secondary N) is 1. The quantitative estimate of drug-likeness (QED) is 0.749. The number of benzene rings is 2. The number of hydrogen-bond donors (Lipinski definition) is 1. The number of hydrogen-bond acceptors (Lipinski definition) is 4. The molecule has 0 aliphatic rings. The predicted molar refractivity (Wildman–Crippen MR) is 91.7 cm³/mol. The summed E-state index contributed by atoms with van der Waals surface area (Å²) in [5.74, 6) is -0.515. The smallest absolute Gasteiger partial charge is 0.346 e. The standard InChI is InChI=1S/C19H16N2O3/c1-2-24-18(22)15-16(13-9-5-3-6-10-13)20-19(23)21-17(15)14-11-7-4-8-12-14/h3-12H,2H2,1H3,(H,20,21,23). The first-order valence-corrected chi connectivity index (χ1v) is 7.63. The van der Waals surface area contributed by atoms with Crippen molar-refractivity contribution in [3.63, 3.8) is 0 Å². The van der Waals surface area contributed by atoms with E-state index in [1.165, 1.54) is 0 Å². The molecule has 0 unspecified atom stereocenters. The normalized spacial score (nSPS) is 10.4. The Morgan fingerprint density at radius 2 is 1.58 bits per heavy atom. The van der Waals surface area contributed by atoms with E-state index in [4.69, 9.17) is 4.74 Å². The molecular formula is C19H16N2O3. The van der Waals surface area contributed by atoms with Gasteiger partial charge in [0.15, 0.2) is 0 Å². The first kappa shape index (κ1) is 15.7. The SMILES string of the molecule is CCOC(=O)c1c(-c2ccccc2)nc(=O)[nH]c1-c1ccccc1. The lowest BCUT2D eigenvalue weighted by Crippen LogP contribution is -2.19. The van der Waals surface area contributed by atoms with Crippen LogP contribution in [0.25, 0.3) is 22.5 Å². The molecule has 0 bridgehead atoms. The van der Waals surface area contributed by atoms with Gasteiger partial charge in [0.05, 0.1) is 18.0 Å². The van der Waals surface area contributed by atoms with Crippen LogP contribution >= 0.6 is 0 Å². The van der Waals surface area contributed by atoms with Crippen molar-refractivity contribution in [2.75, 3.05) is 6.61 Å². The van der Waals surface area contributed by atoms with Crippen LogP contribution in [0.5, 0.6) is 0 Å². The van der Waals surface area contributed by atoms with Gasteiger partial charge in [0.25, 0.3) is 0 Å². The van der Waals surface area contributed by atoms with Gasteiger partial charge in [-0.2, -0.15) is 4.98 Å². The minimum atomic E-state index is -0.515. The van der Waals surface area contributed by atoms with Crippen LogP contribution in [-0.2, 0) is 4.74 Å². The van der Waals surface area contributed by atoms with Gasteiger partial charge in [-0.25, -0.2) is 9.59 Å². The molecule has 0 aliphatic carbocycles. The third-order valence-corrected chi connectivity index (χ3v) is 3.52. The number of carbonyl (C=O) groups is 1. The summed E-state index contributed by atoms with van der Waals surface area (Å²) < 4.78 is 5.19. The third kappa shape index (κ3) is 3.10. The van der Waals surface area contributed by atoms with Crippen LogP contribution in [0, 0.1) is 0 Å². The number of nitrogens with zero attached hydrogens (tertiary/aromatic N) is 1. The van der Waals surface area contributed by atoms with Gasteiger partial charge < -0.3 is 9.72 Å². The minimum absolute atomic E-state index is 0.237. The Labute approximate surface area is 139 Å². The minimum Gasteiger partial charge on any atom is -0.462 e. The lowest BCUT2D eigenvalue weighted by atomic mass is 10.0. The van der Waals surface area contributed by atoms with E-state index in [-0.39, 0.29) is 12.2 Å². The Morgan fingerprint density at radius 1 is 1.00 bits per heavy atom. The average Bonchev–Trinajstić information content (AvgIpc) is 2.62. The van der Waals surface area contributed by atoms with Gasteiger partial charge in [-0.05, 0) is 12.5 Å². The predicted octanol–water partition coefficient (Wildman–Crippen LogP) is 3.28. The number of H-pyrrole nitrogens is 1. The van der Waals surface area contributed by atoms with E-state index in [1.807, 2.05) is 48.5 Å². The molecule has 5 nitrogen and oxygen atoms in total. The number of ether oxygens (including phenoxy) is 1. The van der Waals surface area contributed by atoms with Crippen molar-refractivity contribution in [3.8, 4) is 22.5 Å². The van der Waals surface area contributed by atoms with Crippen LogP contribution in [0.1, 0.15) is 17.3 Å². The fraction of sp³-hybridized carbons (Fsp3) is 0.105. The molecule has 0 fully saturated rings. The van der Waals surface area contributed by atoms with E-state index in [1.54, 1.807) is 19.1 Å². The Morgan fingerprint density at radius 3 is 2.17 bits per heavy atom. The van der Waals surface area contributed by atoms with Crippen molar-refractivity contribution < 1.29 is 9.53 Å². The summed E-state index contributed by atoms with van der Waals surface area (Å²) in [6, 6.07) is 18.3. The number of carbonyl (C=O) groups excluding carboxylic acids is 1. The molecule has 5 heteroatoms. The average molecular weight is 320 g/mol. The van der Waals surface area contributed by atoms with Crippen LogP contribution in [0.4, 0.5) is 0 Å². The summed E-state index contributed by atoms with van der Waals surface area (Å²) in [5.41, 5.74) is 1.88. The van der Waals surface area contributed by atoms with Gasteiger partial charge in [0, 0.05) is 5.56 Å². The first-order valence-electron chi connectivity index (χ1n) is 7.63. The molecule has 0 saturated carbocycles. The highest BCUT2D eigenvalue weighted by Gasteiger charge is 2.22. The maximum absolute atomic E-state index is 12.6. The maximum atomic E-state index is 12.6. The van der Waals surface area contributed by atoms with Crippen molar-refractivity contribution in [1.29, 1.82) is 0 Å². The van der Waals surface area contributed by atoms with E-state index in [0.29, 0.717) is 17.0 Å². The number of aromatic nitrogens is 2. The van der Waals surface area contributed by atoms with Gasteiger partial charge in [-0.1, -0.05) is 60.7 Å². The molecule has 24 heavy (non-hydrogen) atoms. The van der Waals surface area contributed by atoms with Gasteiger partial charge >= 0.3 is 11.7 Å². The van der Waals surface area contributed by atoms with Gasteiger partial charge in [-0.15, -0.1) is 0 Å². The second-order valence-corrected chi connectivity index (χ2v) is 5.09. The molecule has 1 heterocycles. The van der Waals surface area contributed by atoms with Crippen LogP contribution in [-0.4, -0.2) is 22.5 Å². The molecule has 1 aromatic heterocycles. The molecule has 0 atom stereocenters. The largest absolute Gasteiger partial charge is 0.462 e. The summed E-state index contributed by atoms with van der Waals surface area (Å²) in [7, 11) is 0. The molecule has 0 spiro atoms. The number of esters is 1. The molecule has 0 saturated heterocycles. The maximum Gasteiger partial charge on any atom is 0.346 e. The molecule has 0 radical (unpaired) electrons. The van der Waals surface area contributed by atoms with Crippen LogP contribution in [0.2, 0.25) is 0 Å². The fourth-order valence-corrected chi connectivity index (χ4v) is 2.50. The van der Waals surface area contributed by atoms with E-state index >= 15 is 0 Å². The first-order chi connectivity index (χ1) is 11.7. The highest BCUT2D eigenvalue weighted by molar-refractivity contribution is 6.01. The van der Waals surface area contributed by atoms with Gasteiger partial charge in [-0.3, -0.25) is 0 Å². The summed E-state index contributed by atoms with van der Waals surface area (Å²) in [4.78, 5) is 31.3. The zero-order valence-electron chi connectivity index (χ0n) is 13.2. The van der Waals surface area contributed by atoms with Crippen molar-refractivity contribution in [2.24, 2.45) is 0 Å². The van der Waals surface area contributed by atoms with Crippen molar-refractivity contribution in [2.45, 2.75) is 6.92 Å². The Balaban J connectivity index is 2.31. The van der Waals surface area contributed by atoms with Crippen molar-refractivity contribution >= 4 is 5.97 Å². The molecule has 3 rings (SSSR count). The molecule has 2 aromatic carbocycles. The van der Waals surface area contributed by atoms with Crippen molar-refractivity contribution in [3.05, 3.63) is 76.7 Å². The lowest BCUT2D eigenvalue weighted by molar-refractivity contribution is 0.0527. The molecular weight excluding hydrogens is 304 g/mol. The summed E-state index contributed by atoms with van der Waals surface area (Å²) in [6.45, 7) is 1.97. The topological polar surface area (TPSA) is 72.0 Å². The molecule has 120 valence electrons. The van der Waals surface area contributed by atoms with Crippen LogP contribution < -0.4 is 5.69 Å². The summed E-state index contributed by atoms with van der Waals surface area (Å²) >= 11 is 0. The molecule has 0 amide bonds. The lowest BCUT2D eigenvalue weighted by Gasteiger charge is -2.13. The zero-order chi connectivity index (χ0) is 16.9. The second kappa shape index (κ2) is 6.91. The molecule has 3 aromatic rings. The summed E-state index contributed by atoms with van der Waals surface area (Å²) in [5, 5.41) is 0. The van der Waals surface area contributed by atoms with Crippen molar-refractivity contribution in [1.82, 2.24) is 9.97 Å². The number of aromatic amines is 1. The third-order valence-electron chi connectivity index (χ3n) is 3.52. The highest BCUT2D eigenvalue weighted by atomic mass is 16.5. The monoisotopic (exact) mass is 320 g/mol. The van der Waals surface area contributed by atoms with E-state index in [0.717, 1.165) is 5.56 Å².